The van der Waals surface area contributed by atoms with Crippen LogP contribution in [-0.2, 0) is 33.4 Å². The molecule has 0 radical (unpaired) electrons. The Morgan fingerprint density at radius 3 is 1.34 bits per heavy atom. The number of rotatable bonds is 8. The van der Waals surface area contributed by atoms with Crippen molar-refractivity contribution in [1.29, 1.82) is 0 Å². The average Bonchev–Trinajstić information content (AvgIpc) is 4.07. The predicted molar refractivity (Wildman–Crippen MR) is 315 cm³/mol. The Morgan fingerprint density at radius 2 is 0.915 bits per heavy atom. The monoisotopic (exact) mass is 1160 g/mol. The summed E-state index contributed by atoms with van der Waals surface area (Å²) >= 11 is 0. The molecule has 4 amide bonds. The van der Waals surface area contributed by atoms with Crippen molar-refractivity contribution in [3.63, 3.8) is 0 Å². The molecule has 0 atom stereocenters. The maximum atomic E-state index is 14.2. The Balaban J connectivity index is 0.00000111. The van der Waals surface area contributed by atoms with Gasteiger partial charge in [-0.1, -0.05) is 37.1 Å². The molecular formula is C55H69ClF3N15O8. The summed E-state index contributed by atoms with van der Waals surface area (Å²) in [7, 11) is 0. The van der Waals surface area contributed by atoms with Crippen molar-refractivity contribution in [2.24, 2.45) is 0 Å². The van der Waals surface area contributed by atoms with E-state index in [0.29, 0.717) is 80.5 Å². The first-order chi connectivity index (χ1) is 35.9. The molecule has 23 nitrogen and oxygen atoms in total. The van der Waals surface area contributed by atoms with Gasteiger partial charge in [-0.3, -0.25) is 42.5 Å². The fraction of sp³-hybridized carbons (Fsp3) is 0.236. The van der Waals surface area contributed by atoms with E-state index in [1.54, 1.807) is 77.2 Å². The Labute approximate surface area is 478 Å². The third-order valence-electron chi connectivity index (χ3n) is 9.50. The van der Waals surface area contributed by atoms with Gasteiger partial charge in [0.1, 0.15) is 23.1 Å². The summed E-state index contributed by atoms with van der Waals surface area (Å²) in [6.07, 6.45) is 14.0. The van der Waals surface area contributed by atoms with Crippen LogP contribution in [0.3, 0.4) is 0 Å². The van der Waals surface area contributed by atoms with Crippen LogP contribution < -0.4 is 32.7 Å². The quantitative estimate of drug-likeness (QED) is 0.0356. The molecule has 6 heterocycles. The minimum Gasteiger partial charge on any atom is -0.444 e. The number of ether oxygens (including phenoxy) is 2. The second-order valence-electron chi connectivity index (χ2n) is 17.0. The molecule has 440 valence electrons. The number of esters is 2. The van der Waals surface area contributed by atoms with Gasteiger partial charge in [0.25, 0.3) is 0 Å². The predicted octanol–water partition coefficient (Wildman–Crippen LogP) is 11.3. The number of amides is 4. The number of aromatic nitrogens is 9. The molecule has 0 aliphatic rings. The molecule has 8 N–H and O–H groups in total. The third kappa shape index (κ3) is 20.4. The van der Waals surface area contributed by atoms with Gasteiger partial charge in [-0.15, -0.1) is 12.4 Å². The van der Waals surface area contributed by atoms with Gasteiger partial charge in [0.05, 0.1) is 52.7 Å². The van der Waals surface area contributed by atoms with Crippen LogP contribution in [0.1, 0.15) is 85.6 Å². The van der Waals surface area contributed by atoms with Crippen molar-refractivity contribution in [3.05, 3.63) is 128 Å². The van der Waals surface area contributed by atoms with Crippen LogP contribution in [0.2, 0.25) is 0 Å². The van der Waals surface area contributed by atoms with Crippen LogP contribution in [-0.4, -0.2) is 85.0 Å². The van der Waals surface area contributed by atoms with Crippen LogP contribution in [0.25, 0.3) is 51.1 Å². The molecule has 9 rings (SSSR count). The summed E-state index contributed by atoms with van der Waals surface area (Å²) in [6.45, 7) is 10.4. The Morgan fingerprint density at radius 1 is 0.524 bits per heavy atom. The molecule has 0 aliphatic carbocycles. The lowest BCUT2D eigenvalue weighted by molar-refractivity contribution is -0.156. The van der Waals surface area contributed by atoms with Crippen LogP contribution in [0.15, 0.2) is 110 Å². The lowest BCUT2D eigenvalue weighted by atomic mass is 10.1. The summed E-state index contributed by atoms with van der Waals surface area (Å²) in [5, 5.41) is 10.3. The summed E-state index contributed by atoms with van der Waals surface area (Å²) in [4.78, 5) is 89.4. The zero-order chi connectivity index (χ0) is 55.4. The fourth-order valence-electron chi connectivity index (χ4n) is 6.64. The highest BCUT2D eigenvalue weighted by atomic mass is 35.5. The molecule has 3 aromatic carbocycles. The van der Waals surface area contributed by atoms with E-state index in [-0.39, 0.29) is 78.3 Å². The Bertz CT molecular complexity index is 3650. The largest absolute Gasteiger partial charge is 0.444 e. The molecule has 0 fully saturated rings. The SMILES string of the molecule is C.C.C.C.C.CC(=O)Nc1ccc(F)c(-c2cn3cc(NC(C)=O)cnc3n2)c1.CC(=O)OC(C)=O.CC(C)(C)OC(=O)Nc1cnc2nc(-c3cc(NC=O)ccc3F)cn2c1.Cl.Nc1ccc(F)c(-c2cn3cc(N)cnc3n2)c1. The second kappa shape index (κ2) is 31.6. The third-order valence-corrected chi connectivity index (χ3v) is 9.50. The number of fused-ring (bicyclic) bond motifs is 3. The molecular weight excluding hydrogens is 1090 g/mol. The number of anilines is 6. The number of imidazole rings is 3. The molecule has 0 unspecified atom stereocenters. The van der Waals surface area contributed by atoms with Crippen LogP contribution in [0, 0.1) is 17.5 Å². The molecule has 0 bridgehead atoms. The lowest BCUT2D eigenvalue weighted by Gasteiger charge is -2.19. The second-order valence-corrected chi connectivity index (χ2v) is 17.0. The van der Waals surface area contributed by atoms with Gasteiger partial charge in [-0.25, -0.2) is 47.9 Å². The number of nitrogens with two attached hydrogens (primary N) is 2. The minimum atomic E-state index is -0.623. The maximum absolute atomic E-state index is 14.2. The Hall–Kier alpha value is -9.98. The number of nitrogens with one attached hydrogen (secondary N) is 4. The first-order valence-corrected chi connectivity index (χ1v) is 22.3. The van der Waals surface area contributed by atoms with Crippen molar-refractivity contribution in [1.82, 2.24) is 43.1 Å². The summed E-state index contributed by atoms with van der Waals surface area (Å²) in [5.74, 6) is -1.76. The number of nitrogens with zero attached hydrogens (tertiary/aromatic N) is 9. The summed E-state index contributed by atoms with van der Waals surface area (Å²) in [6, 6.07) is 12.8. The summed E-state index contributed by atoms with van der Waals surface area (Å²) in [5.41, 5.74) is 15.4. The highest BCUT2D eigenvalue weighted by Crippen LogP contribution is 2.28. The van der Waals surface area contributed by atoms with Gasteiger partial charge in [-0.05, 0) is 75.4 Å². The zero-order valence-electron chi connectivity index (χ0n) is 42.0. The van der Waals surface area contributed by atoms with Crippen LogP contribution in [0.5, 0.6) is 0 Å². The molecule has 6 aromatic heterocycles. The number of carbonyl (C=O) groups is 6. The van der Waals surface area contributed by atoms with E-state index in [2.05, 4.69) is 55.9 Å². The highest BCUT2D eigenvalue weighted by molar-refractivity contribution is 5.90. The summed E-state index contributed by atoms with van der Waals surface area (Å²) < 4.78 is 56.0. The van der Waals surface area contributed by atoms with E-state index in [9.17, 15) is 41.9 Å². The van der Waals surface area contributed by atoms with Gasteiger partial charge < -0.3 is 36.9 Å². The Kier molecular flexibility index (Phi) is 27.7. The van der Waals surface area contributed by atoms with Gasteiger partial charge >= 0.3 is 18.0 Å². The number of hydrogen-bond acceptors (Lipinski definition) is 16. The standard InChI is InChI=1S/C18H18FN5O3.C16H14FN5O2.C12H10FN5.C4H6O3.5CH4.ClH/c1-18(2,3)27-17(26)22-12-7-20-16-23-15(9-24(16)8-12)13-6-11(21-10-25)4-5-14(13)19;1-9(23)19-11-3-4-14(17)13(5-11)15-8-22-7-12(20-10(2)24)6-18-16(22)21-15;13-10-2-1-7(14)3-9(10)11-6-18-5-8(15)4-16-12(18)17-11;1-3(5)7-4(2)6;;;;;;/h4-10H,1-3H3,(H,21,25)(H,22,26);3-8H,1-2H3,(H,19,23)(H,20,24);1-6H,14-15H2;1-2H3;5*1H4;1H. The van der Waals surface area contributed by atoms with Gasteiger partial charge in [-0.2, -0.15) is 0 Å². The average molecular weight is 1160 g/mol. The smallest absolute Gasteiger partial charge is 0.412 e. The van der Waals surface area contributed by atoms with Gasteiger partial charge in [0.2, 0.25) is 35.6 Å². The first kappa shape index (κ1) is 72.0. The van der Waals surface area contributed by atoms with E-state index in [1.807, 2.05) is 0 Å². The molecule has 0 saturated heterocycles. The molecule has 27 heteroatoms. The van der Waals surface area contributed by atoms with E-state index >= 15 is 0 Å². The number of halogens is 4. The lowest BCUT2D eigenvalue weighted by Crippen LogP contribution is -2.27. The highest BCUT2D eigenvalue weighted by Gasteiger charge is 2.18. The molecule has 0 saturated carbocycles. The normalized spacial score (nSPS) is 9.88. The van der Waals surface area contributed by atoms with E-state index in [0.717, 1.165) is 0 Å². The van der Waals surface area contributed by atoms with Crippen molar-refractivity contribution >= 4 is 100 Å². The van der Waals surface area contributed by atoms with E-state index in [1.165, 1.54) is 94.8 Å². The molecule has 9 aromatic rings. The number of nitrogen functional groups attached to an aromatic ring is 2. The van der Waals surface area contributed by atoms with Gasteiger partial charge in [0.15, 0.2) is 0 Å². The molecule has 82 heavy (non-hydrogen) atoms. The van der Waals surface area contributed by atoms with Crippen LogP contribution >= 0.6 is 12.4 Å². The number of hydrogen-bond donors (Lipinski definition) is 6. The first-order valence-electron chi connectivity index (χ1n) is 22.3. The van der Waals surface area contributed by atoms with Crippen molar-refractivity contribution in [3.8, 4) is 33.8 Å². The minimum absolute atomic E-state index is 0. The van der Waals surface area contributed by atoms with E-state index < -0.39 is 35.3 Å². The van der Waals surface area contributed by atoms with Crippen LogP contribution in [0.4, 0.5) is 52.1 Å². The van der Waals surface area contributed by atoms with Crippen molar-refractivity contribution in [2.45, 2.75) is 91.2 Å². The number of carbonyl (C=O) groups excluding carboxylic acids is 6. The fourth-order valence-corrected chi connectivity index (χ4v) is 6.64. The van der Waals surface area contributed by atoms with Gasteiger partial charge in [0, 0.05) is 98.6 Å². The van der Waals surface area contributed by atoms with Crippen molar-refractivity contribution in [2.75, 3.05) is 32.7 Å². The number of benzene rings is 3. The topological polar surface area (TPSA) is 312 Å². The maximum Gasteiger partial charge on any atom is 0.412 e. The molecule has 0 aliphatic heterocycles. The molecule has 0 spiro atoms. The van der Waals surface area contributed by atoms with E-state index in [4.69, 9.17) is 16.2 Å². The zero-order valence-corrected chi connectivity index (χ0v) is 42.8. The van der Waals surface area contributed by atoms with Crippen molar-refractivity contribution < 1.29 is 51.4 Å².